The van der Waals surface area contributed by atoms with Crippen LogP contribution in [0, 0.1) is 11.7 Å². The summed E-state index contributed by atoms with van der Waals surface area (Å²) in [4.78, 5) is 44.3. The van der Waals surface area contributed by atoms with E-state index in [0.29, 0.717) is 32.4 Å². The van der Waals surface area contributed by atoms with Gasteiger partial charge in [-0.3, -0.25) is 19.4 Å². The Morgan fingerprint density at radius 2 is 2.05 bits per heavy atom. The number of nitrogens with one attached hydrogen (secondary N) is 2. The molecule has 2 aromatic rings. The van der Waals surface area contributed by atoms with Crippen molar-refractivity contribution in [1.29, 1.82) is 0 Å². The number of carbonyl (C=O) groups is 3. The molecule has 0 radical (unpaired) electrons. The Morgan fingerprint density at radius 3 is 2.73 bits per heavy atom. The number of rotatable bonds is 9. The average molecular weight is 525 g/mol. The molecule has 4 unspecified atom stereocenters. The third-order valence-electron chi connectivity index (χ3n) is 6.95. The Kier molecular flexibility index (Phi) is 8.71. The van der Waals surface area contributed by atoms with E-state index in [4.69, 9.17) is 11.6 Å². The summed E-state index contributed by atoms with van der Waals surface area (Å²) in [5, 5.41) is 6.09. The fourth-order valence-corrected chi connectivity index (χ4v) is 5.19. The van der Waals surface area contributed by atoms with Gasteiger partial charge in [0.05, 0.1) is 6.54 Å². The van der Waals surface area contributed by atoms with E-state index in [9.17, 15) is 18.8 Å². The summed E-state index contributed by atoms with van der Waals surface area (Å²) >= 11 is 5.82. The zero-order chi connectivity index (χ0) is 26.4. The number of likely N-dealkylation sites (tertiary alicyclic amines) is 1. The number of aliphatic imine (C=N–C) groups is 1. The van der Waals surface area contributed by atoms with Crippen molar-refractivity contribution < 1.29 is 18.8 Å². The van der Waals surface area contributed by atoms with E-state index >= 15 is 0 Å². The number of carbonyl (C=O) groups excluding carboxylic acids is 3. The largest absolute Gasteiger partial charge is 0.356 e. The molecule has 2 fully saturated rings. The van der Waals surface area contributed by atoms with Gasteiger partial charge in [0.1, 0.15) is 11.9 Å². The highest BCUT2D eigenvalue weighted by atomic mass is 35.5. The lowest BCUT2D eigenvalue weighted by Crippen LogP contribution is -2.49. The normalized spacial score (nSPS) is 22.2. The Balaban J connectivity index is 1.52. The molecule has 3 amide bonds. The van der Waals surface area contributed by atoms with Crippen LogP contribution in [0.15, 0.2) is 59.6 Å². The monoisotopic (exact) mass is 524 g/mol. The minimum atomic E-state index is -0.720. The van der Waals surface area contributed by atoms with E-state index in [1.807, 2.05) is 30.3 Å². The highest BCUT2D eigenvalue weighted by Gasteiger charge is 2.40. The van der Waals surface area contributed by atoms with Gasteiger partial charge in [-0.25, -0.2) is 4.39 Å². The first-order valence-electron chi connectivity index (χ1n) is 12.3. The number of halogens is 2. The van der Waals surface area contributed by atoms with E-state index < -0.39 is 11.9 Å². The minimum Gasteiger partial charge on any atom is -0.356 e. The zero-order valence-corrected chi connectivity index (χ0v) is 21.2. The van der Waals surface area contributed by atoms with Crippen LogP contribution < -0.4 is 10.6 Å². The molecule has 4 rings (SSSR count). The van der Waals surface area contributed by atoms with Crippen molar-refractivity contribution in [3.05, 3.63) is 76.6 Å². The smallest absolute Gasteiger partial charge is 0.247 e. The lowest BCUT2D eigenvalue weighted by Gasteiger charge is -2.26. The second-order valence-corrected chi connectivity index (χ2v) is 9.91. The molecule has 2 heterocycles. The summed E-state index contributed by atoms with van der Waals surface area (Å²) in [7, 11) is 0. The molecular formula is C28H30ClFN4O3. The molecule has 0 saturated carbocycles. The first-order chi connectivity index (χ1) is 17.9. The number of hydrogen-bond acceptors (Lipinski definition) is 4. The zero-order valence-electron chi connectivity index (χ0n) is 20.4. The highest BCUT2D eigenvalue weighted by molar-refractivity contribution is 6.30. The maximum atomic E-state index is 14.2. The van der Waals surface area contributed by atoms with Crippen molar-refractivity contribution in [3.8, 4) is 0 Å². The average Bonchev–Trinajstić information content (AvgIpc) is 3.51. The van der Waals surface area contributed by atoms with Crippen molar-refractivity contribution in [3.63, 3.8) is 0 Å². The number of hydrogen-bond donors (Lipinski definition) is 2. The fraction of sp³-hybridized carbons (Fsp3) is 0.357. The first-order valence-corrected chi connectivity index (χ1v) is 12.7. The molecule has 4 atom stereocenters. The predicted molar refractivity (Wildman–Crippen MR) is 142 cm³/mol. The molecule has 194 valence electrons. The molecule has 2 saturated heterocycles. The maximum Gasteiger partial charge on any atom is 0.247 e. The van der Waals surface area contributed by atoms with E-state index in [0.717, 1.165) is 5.56 Å². The molecule has 2 aliphatic rings. The Morgan fingerprint density at radius 1 is 1.27 bits per heavy atom. The summed E-state index contributed by atoms with van der Waals surface area (Å²) in [6.45, 7) is 4.79. The standard InChI is InChI=1S/C28H30ClFN4O3/c1-31-16-23(13-20-11-12-32-27(20)36)33-28(37)25-14-21(18-5-3-2-4-6-18)17-34(25)26(35)10-8-19-7-9-22(29)15-24(19)30/h2-10,15,20-21,23,25H,1,11-14,16-17H2,(H,32,36)(H,33,37)/b10-8+. The predicted octanol–water partition coefficient (Wildman–Crippen LogP) is 3.59. The van der Waals surface area contributed by atoms with Crippen molar-refractivity contribution in [2.75, 3.05) is 19.6 Å². The third-order valence-corrected chi connectivity index (χ3v) is 7.19. The van der Waals surface area contributed by atoms with E-state index in [1.54, 1.807) is 6.07 Å². The molecular weight excluding hydrogens is 495 g/mol. The fourth-order valence-electron chi connectivity index (χ4n) is 5.03. The van der Waals surface area contributed by atoms with Gasteiger partial charge in [0, 0.05) is 47.6 Å². The van der Waals surface area contributed by atoms with Crippen molar-refractivity contribution in [2.24, 2.45) is 10.9 Å². The Hall–Kier alpha value is -3.52. The molecule has 7 nitrogen and oxygen atoms in total. The molecule has 2 aromatic carbocycles. The number of benzene rings is 2. The van der Waals surface area contributed by atoms with Crippen LogP contribution in [0.1, 0.15) is 36.3 Å². The van der Waals surface area contributed by atoms with Crippen LogP contribution in [-0.4, -0.2) is 61.1 Å². The summed E-state index contributed by atoms with van der Waals surface area (Å²) in [5.74, 6) is -1.47. The van der Waals surface area contributed by atoms with Crippen LogP contribution in [-0.2, 0) is 14.4 Å². The molecule has 9 heteroatoms. The maximum absolute atomic E-state index is 14.2. The van der Waals surface area contributed by atoms with E-state index in [2.05, 4.69) is 22.3 Å². The Bertz CT molecular complexity index is 1190. The van der Waals surface area contributed by atoms with Gasteiger partial charge in [0.15, 0.2) is 0 Å². The van der Waals surface area contributed by atoms with Gasteiger partial charge in [-0.05, 0) is 49.8 Å². The topological polar surface area (TPSA) is 90.9 Å². The molecule has 0 aromatic heterocycles. The van der Waals surface area contributed by atoms with Crippen molar-refractivity contribution in [1.82, 2.24) is 15.5 Å². The molecule has 2 N–H and O–H groups in total. The highest BCUT2D eigenvalue weighted by Crippen LogP contribution is 2.32. The molecule has 37 heavy (non-hydrogen) atoms. The molecule has 0 spiro atoms. The van der Waals surface area contributed by atoms with Gasteiger partial charge in [0.25, 0.3) is 0 Å². The Labute approximate surface area is 220 Å². The number of amides is 3. The van der Waals surface area contributed by atoms with Crippen LogP contribution in [0.3, 0.4) is 0 Å². The van der Waals surface area contributed by atoms with Gasteiger partial charge < -0.3 is 15.5 Å². The van der Waals surface area contributed by atoms with Gasteiger partial charge in [-0.2, -0.15) is 0 Å². The van der Waals surface area contributed by atoms with Gasteiger partial charge >= 0.3 is 0 Å². The third kappa shape index (κ3) is 6.63. The van der Waals surface area contributed by atoms with Crippen molar-refractivity contribution >= 4 is 42.1 Å². The molecule has 0 aliphatic carbocycles. The minimum absolute atomic E-state index is 0.0234. The second kappa shape index (κ2) is 12.1. The molecule has 0 bridgehead atoms. The molecule has 2 aliphatic heterocycles. The van der Waals surface area contributed by atoms with Gasteiger partial charge in [-0.15, -0.1) is 0 Å². The van der Waals surface area contributed by atoms with Crippen molar-refractivity contribution in [2.45, 2.75) is 37.3 Å². The van der Waals surface area contributed by atoms with E-state index in [-0.39, 0.29) is 52.7 Å². The van der Waals surface area contributed by atoms with Gasteiger partial charge in [0.2, 0.25) is 17.7 Å². The SMILES string of the molecule is C=NCC(CC1CCNC1=O)NC(=O)C1CC(c2ccccc2)CN1C(=O)/C=C/c1ccc(Cl)cc1F. The quantitative estimate of drug-likeness (QED) is 0.388. The first kappa shape index (κ1) is 26.5. The van der Waals surface area contributed by atoms with Gasteiger partial charge in [-0.1, -0.05) is 48.0 Å². The van der Waals surface area contributed by atoms with Crippen LogP contribution in [0.2, 0.25) is 5.02 Å². The van der Waals surface area contributed by atoms with E-state index in [1.165, 1.54) is 29.2 Å². The summed E-state index contributed by atoms with van der Waals surface area (Å²) in [6, 6.07) is 12.9. The van der Waals surface area contributed by atoms with Crippen LogP contribution in [0.25, 0.3) is 6.08 Å². The second-order valence-electron chi connectivity index (χ2n) is 9.47. The lowest BCUT2D eigenvalue weighted by atomic mass is 9.95. The lowest BCUT2D eigenvalue weighted by molar-refractivity contribution is -0.135. The van der Waals surface area contributed by atoms with Crippen LogP contribution in [0.5, 0.6) is 0 Å². The number of nitrogens with zero attached hydrogens (tertiary/aromatic N) is 2. The van der Waals surface area contributed by atoms with Crippen LogP contribution >= 0.6 is 11.6 Å². The summed E-state index contributed by atoms with van der Waals surface area (Å²) in [6.07, 6.45) is 4.28. The summed E-state index contributed by atoms with van der Waals surface area (Å²) in [5.41, 5.74) is 1.26. The summed E-state index contributed by atoms with van der Waals surface area (Å²) < 4.78 is 14.2. The van der Waals surface area contributed by atoms with Crippen LogP contribution in [0.4, 0.5) is 4.39 Å².